The highest BCUT2D eigenvalue weighted by Crippen LogP contribution is 2.26. The minimum absolute atomic E-state index is 0.228. The van der Waals surface area contributed by atoms with E-state index in [1.54, 1.807) is 63.6 Å². The van der Waals surface area contributed by atoms with Crippen LogP contribution in [-0.4, -0.2) is 46.3 Å². The van der Waals surface area contributed by atoms with E-state index in [2.05, 4.69) is 0 Å². The molecule has 1 heterocycles. The highest BCUT2D eigenvalue weighted by Gasteiger charge is 2.32. The van der Waals surface area contributed by atoms with Crippen LogP contribution in [0.1, 0.15) is 63.2 Å². The zero-order valence-corrected chi connectivity index (χ0v) is 18.5. The van der Waals surface area contributed by atoms with E-state index in [4.69, 9.17) is 16.3 Å². The van der Waals surface area contributed by atoms with Crippen molar-refractivity contribution in [2.45, 2.75) is 40.7 Å². The number of ether oxygens (including phenoxy) is 1. The van der Waals surface area contributed by atoms with E-state index in [9.17, 15) is 14.4 Å². The normalized spacial score (nSPS) is 11.8. The fourth-order valence-electron chi connectivity index (χ4n) is 3.56. The lowest BCUT2D eigenvalue weighted by Crippen LogP contribution is -2.43. The van der Waals surface area contributed by atoms with Gasteiger partial charge in [0.25, 0.3) is 5.91 Å². The average Bonchev–Trinajstić information content (AvgIpc) is 2.90. The van der Waals surface area contributed by atoms with Crippen LogP contribution in [0.4, 0.5) is 0 Å². The molecule has 1 atom stereocenters. The molecule has 1 aromatic carbocycles. The summed E-state index contributed by atoms with van der Waals surface area (Å²) in [5.74, 6) is -1.01. The fraction of sp³-hybridized carbons (Fsp3) is 0.409. The van der Waals surface area contributed by atoms with Crippen molar-refractivity contribution in [3.63, 3.8) is 0 Å². The Hall–Kier alpha value is -2.60. The summed E-state index contributed by atoms with van der Waals surface area (Å²) in [5.41, 5.74) is 2.35. The summed E-state index contributed by atoms with van der Waals surface area (Å²) in [6.45, 7) is 9.33. The van der Waals surface area contributed by atoms with Gasteiger partial charge >= 0.3 is 5.97 Å². The summed E-state index contributed by atoms with van der Waals surface area (Å²) in [6, 6.07) is 6.04. The number of hydrogen-bond acceptors (Lipinski definition) is 4. The molecular formula is C22H27ClN2O4. The number of halogens is 1. The van der Waals surface area contributed by atoms with Crippen LogP contribution >= 0.6 is 11.6 Å². The lowest BCUT2D eigenvalue weighted by atomic mass is 9.99. The van der Waals surface area contributed by atoms with Gasteiger partial charge in [-0.3, -0.25) is 9.59 Å². The molecule has 0 fully saturated rings. The van der Waals surface area contributed by atoms with Crippen molar-refractivity contribution >= 4 is 29.3 Å². The van der Waals surface area contributed by atoms with Crippen LogP contribution in [-0.2, 0) is 11.8 Å². The number of esters is 1. The summed E-state index contributed by atoms with van der Waals surface area (Å²) in [5, 5.41) is 0.340. The lowest BCUT2D eigenvalue weighted by molar-refractivity contribution is 0.0513. The van der Waals surface area contributed by atoms with Gasteiger partial charge in [-0.25, -0.2) is 4.79 Å². The number of carbonyl (C=O) groups is 3. The third kappa shape index (κ3) is 4.22. The van der Waals surface area contributed by atoms with Crippen LogP contribution in [0.25, 0.3) is 0 Å². The van der Waals surface area contributed by atoms with E-state index in [0.717, 1.165) is 0 Å². The van der Waals surface area contributed by atoms with Crippen LogP contribution in [0.5, 0.6) is 0 Å². The van der Waals surface area contributed by atoms with Crippen LogP contribution < -0.4 is 0 Å². The molecule has 0 radical (unpaired) electrons. The van der Waals surface area contributed by atoms with Crippen LogP contribution in [0.3, 0.4) is 0 Å². The number of rotatable bonds is 7. The van der Waals surface area contributed by atoms with Gasteiger partial charge in [0.05, 0.1) is 23.2 Å². The Balaban J connectivity index is 2.43. The second-order valence-electron chi connectivity index (χ2n) is 6.82. The molecule has 0 aliphatic carbocycles. The van der Waals surface area contributed by atoms with E-state index in [1.807, 2.05) is 6.92 Å². The number of Topliss-reactive ketones (excluding diaryl/α,β-unsaturated/α-hetero) is 1. The quantitative estimate of drug-likeness (QED) is 0.499. The molecule has 0 saturated heterocycles. The molecule has 6 nitrogen and oxygen atoms in total. The number of nitrogens with zero attached hydrogens (tertiary/aromatic N) is 2. The molecule has 156 valence electrons. The molecule has 0 spiro atoms. The number of likely N-dealkylation sites (N-methyl/N-ethyl adjacent to an activating group) is 1. The molecule has 0 unspecified atom stereocenters. The molecule has 2 aromatic rings. The molecule has 0 aliphatic heterocycles. The van der Waals surface area contributed by atoms with Gasteiger partial charge < -0.3 is 14.2 Å². The van der Waals surface area contributed by atoms with Crippen LogP contribution in [0.15, 0.2) is 24.3 Å². The Morgan fingerprint density at radius 1 is 1.17 bits per heavy atom. The number of carbonyl (C=O) groups excluding carboxylic acids is 3. The maximum Gasteiger partial charge on any atom is 0.355 e. The van der Waals surface area contributed by atoms with Crippen molar-refractivity contribution in [2.75, 3.05) is 13.2 Å². The molecule has 1 amide bonds. The first kappa shape index (κ1) is 22.7. The Kier molecular flexibility index (Phi) is 7.25. The zero-order chi connectivity index (χ0) is 21.9. The molecule has 0 aliphatic rings. The van der Waals surface area contributed by atoms with Gasteiger partial charge in [0.15, 0.2) is 5.78 Å². The summed E-state index contributed by atoms with van der Waals surface area (Å²) < 4.78 is 6.79. The largest absolute Gasteiger partial charge is 0.461 e. The van der Waals surface area contributed by atoms with Crippen molar-refractivity contribution in [2.24, 2.45) is 7.05 Å². The fourth-order valence-corrected chi connectivity index (χ4v) is 3.78. The van der Waals surface area contributed by atoms with E-state index in [-0.39, 0.29) is 18.3 Å². The van der Waals surface area contributed by atoms with Crippen molar-refractivity contribution < 1.29 is 19.1 Å². The van der Waals surface area contributed by atoms with Gasteiger partial charge in [-0.2, -0.15) is 0 Å². The number of ketones is 1. The zero-order valence-electron chi connectivity index (χ0n) is 17.7. The molecule has 2 rings (SSSR count). The second kappa shape index (κ2) is 9.27. The van der Waals surface area contributed by atoms with Gasteiger partial charge in [-0.15, -0.1) is 0 Å². The summed E-state index contributed by atoms with van der Waals surface area (Å²) >= 11 is 6.17. The van der Waals surface area contributed by atoms with Crippen molar-refractivity contribution in [3.05, 3.63) is 57.4 Å². The van der Waals surface area contributed by atoms with Gasteiger partial charge in [0.2, 0.25) is 0 Å². The van der Waals surface area contributed by atoms with Gasteiger partial charge in [0, 0.05) is 24.8 Å². The molecule has 7 heteroatoms. The number of hydrogen-bond donors (Lipinski definition) is 0. The molecule has 0 saturated carbocycles. The predicted molar refractivity (Wildman–Crippen MR) is 113 cm³/mol. The smallest absolute Gasteiger partial charge is 0.355 e. The standard InChI is InChI=1S/C22H27ClN2O4/c1-7-25(21(27)16-11-9-10-12-17(16)23)15(5)20(26)18-13(3)19(22(28)29-8-2)24(6)14(18)4/h9-12,15H,7-8H2,1-6H3/t15-/m0/s1. The first-order chi connectivity index (χ1) is 13.7. The highest BCUT2D eigenvalue weighted by atomic mass is 35.5. The Labute approximate surface area is 176 Å². The number of amides is 1. The van der Waals surface area contributed by atoms with E-state index >= 15 is 0 Å². The summed E-state index contributed by atoms with van der Waals surface area (Å²) in [7, 11) is 1.72. The molecule has 0 N–H and O–H groups in total. The topological polar surface area (TPSA) is 68.6 Å². The maximum atomic E-state index is 13.4. The van der Waals surface area contributed by atoms with E-state index < -0.39 is 12.0 Å². The first-order valence-corrected chi connectivity index (χ1v) is 9.97. The molecule has 29 heavy (non-hydrogen) atoms. The van der Waals surface area contributed by atoms with Crippen LogP contribution in [0, 0.1) is 13.8 Å². The minimum atomic E-state index is -0.724. The third-order valence-corrected chi connectivity index (χ3v) is 5.53. The lowest BCUT2D eigenvalue weighted by Gasteiger charge is -2.27. The average molecular weight is 419 g/mol. The monoisotopic (exact) mass is 418 g/mol. The Morgan fingerprint density at radius 3 is 2.34 bits per heavy atom. The molecule has 1 aromatic heterocycles. The van der Waals surface area contributed by atoms with E-state index in [0.29, 0.717) is 39.6 Å². The highest BCUT2D eigenvalue weighted by molar-refractivity contribution is 6.33. The number of aromatic nitrogens is 1. The van der Waals surface area contributed by atoms with Crippen LogP contribution in [0.2, 0.25) is 5.02 Å². The van der Waals surface area contributed by atoms with Crippen molar-refractivity contribution in [3.8, 4) is 0 Å². The minimum Gasteiger partial charge on any atom is -0.461 e. The Bertz CT molecular complexity index is 949. The number of benzene rings is 1. The van der Waals surface area contributed by atoms with Gasteiger partial charge in [0.1, 0.15) is 5.69 Å². The van der Waals surface area contributed by atoms with Gasteiger partial charge in [-0.05, 0) is 52.3 Å². The molecule has 0 bridgehead atoms. The van der Waals surface area contributed by atoms with Crippen molar-refractivity contribution in [1.82, 2.24) is 9.47 Å². The SMILES string of the molecule is CCOC(=O)c1c(C)c(C(=O)[C@H](C)N(CC)C(=O)c2ccccc2Cl)c(C)n1C. The third-order valence-electron chi connectivity index (χ3n) is 5.20. The summed E-state index contributed by atoms with van der Waals surface area (Å²) in [6.07, 6.45) is 0. The van der Waals surface area contributed by atoms with Gasteiger partial charge in [-0.1, -0.05) is 23.7 Å². The van der Waals surface area contributed by atoms with E-state index in [1.165, 1.54) is 4.90 Å². The molecular weight excluding hydrogens is 392 g/mol. The summed E-state index contributed by atoms with van der Waals surface area (Å²) in [4.78, 5) is 40.2. The van der Waals surface area contributed by atoms with Crippen molar-refractivity contribution in [1.29, 1.82) is 0 Å². The first-order valence-electron chi connectivity index (χ1n) is 9.59. The maximum absolute atomic E-state index is 13.4. The predicted octanol–water partition coefficient (Wildman–Crippen LogP) is 4.21. The second-order valence-corrected chi connectivity index (χ2v) is 7.23. The Morgan fingerprint density at radius 2 is 1.79 bits per heavy atom.